The van der Waals surface area contributed by atoms with E-state index in [2.05, 4.69) is 0 Å². The molecule has 2 aromatic carbocycles. The highest BCUT2D eigenvalue weighted by molar-refractivity contribution is 8.13. The fourth-order valence-electron chi connectivity index (χ4n) is 6.85. The first-order valence-corrected chi connectivity index (χ1v) is 13.6. The van der Waals surface area contributed by atoms with Crippen molar-refractivity contribution in [2.45, 2.75) is 55.0 Å². The van der Waals surface area contributed by atoms with Crippen LogP contribution in [0.1, 0.15) is 38.8 Å². The van der Waals surface area contributed by atoms with Gasteiger partial charge >= 0.3 is 17.8 Å². The quantitative estimate of drug-likeness (QED) is 0.270. The molecule has 2 aromatic rings. The molecular formula is C29H24F6S2. The second kappa shape index (κ2) is 7.53. The first kappa shape index (κ1) is 25.2. The molecule has 0 saturated heterocycles. The maximum atomic E-state index is 15.7. The molecular weight excluding hydrogens is 526 g/mol. The Balaban J connectivity index is 1.67. The molecule has 0 spiro atoms. The number of allylic oxidation sites excluding steroid dienone is 4. The zero-order chi connectivity index (χ0) is 26.8. The second-order valence-electron chi connectivity index (χ2n) is 10.6. The minimum atomic E-state index is -5.52. The highest BCUT2D eigenvalue weighted by Gasteiger charge is 2.86. The van der Waals surface area contributed by atoms with Crippen molar-refractivity contribution in [2.75, 3.05) is 0 Å². The molecule has 0 aromatic heterocycles. The van der Waals surface area contributed by atoms with Crippen LogP contribution >= 0.6 is 23.5 Å². The van der Waals surface area contributed by atoms with Crippen molar-refractivity contribution in [3.05, 3.63) is 94.1 Å². The van der Waals surface area contributed by atoms with Crippen molar-refractivity contribution in [3.8, 4) is 0 Å². The van der Waals surface area contributed by atoms with E-state index >= 15 is 26.3 Å². The van der Waals surface area contributed by atoms with Gasteiger partial charge in [0, 0.05) is 42.3 Å². The summed E-state index contributed by atoms with van der Waals surface area (Å²) in [6, 6.07) is 18.2. The van der Waals surface area contributed by atoms with Crippen LogP contribution < -0.4 is 0 Å². The average molecular weight is 551 g/mol. The molecule has 2 heterocycles. The van der Waals surface area contributed by atoms with Gasteiger partial charge in [-0.3, -0.25) is 0 Å². The van der Waals surface area contributed by atoms with E-state index in [0.29, 0.717) is 21.0 Å². The largest absolute Gasteiger partial charge is 0.380 e. The normalized spacial score (nSPS) is 35.1. The Morgan fingerprint density at radius 1 is 0.568 bits per heavy atom. The van der Waals surface area contributed by atoms with Gasteiger partial charge in [-0.1, -0.05) is 71.8 Å². The third-order valence-corrected chi connectivity index (χ3v) is 12.5. The van der Waals surface area contributed by atoms with Gasteiger partial charge in [0.1, 0.15) is 0 Å². The number of thioether (sulfide) groups is 2. The van der Waals surface area contributed by atoms with E-state index in [1.165, 1.54) is 23.5 Å². The minimum absolute atomic E-state index is 0.436. The Bertz CT molecular complexity index is 1300. The average Bonchev–Trinajstić information content (AvgIpc) is 3.33. The molecule has 0 amide bonds. The Morgan fingerprint density at radius 2 is 0.892 bits per heavy atom. The molecule has 0 N–H and O–H groups in total. The maximum Gasteiger partial charge on any atom is 0.380 e. The first-order valence-electron chi connectivity index (χ1n) is 12.0. The molecule has 0 radical (unpaired) electrons. The molecule has 0 bridgehead atoms. The molecule has 2 aliphatic carbocycles. The fraction of sp³-hybridized carbons (Fsp3) is 0.379. The smallest absolute Gasteiger partial charge is 0.194 e. The number of hydrogen-bond donors (Lipinski definition) is 0. The standard InChI is InChI=1S/C29H24F6S2/c1-15-19-21-22(28(32,33)29(34,35)27(21,30)31)20-16(2)24(18-13-9-6-10-14-18)37-26(20,4)25(19,3)36-23(15)17-11-7-5-8-12-17/h5-14,19-20H,1-4H3. The summed E-state index contributed by atoms with van der Waals surface area (Å²) in [5.41, 5.74) is 0.226. The van der Waals surface area contributed by atoms with Crippen molar-refractivity contribution >= 4 is 33.3 Å². The number of fused-ring (bicyclic) bond motifs is 5. The SMILES string of the molecule is CC1=C(c2ccccc2)SC2(C)C1C1=C(C3C(C)=C(c4ccccc4)SC32C)C(F)(F)C(F)(F)C1(F)F. The topological polar surface area (TPSA) is 0 Å². The van der Waals surface area contributed by atoms with E-state index in [1.807, 2.05) is 60.7 Å². The van der Waals surface area contributed by atoms with Crippen molar-refractivity contribution in [1.29, 1.82) is 0 Å². The van der Waals surface area contributed by atoms with Crippen LogP contribution in [0.4, 0.5) is 26.3 Å². The van der Waals surface area contributed by atoms with Crippen molar-refractivity contribution in [2.24, 2.45) is 11.8 Å². The van der Waals surface area contributed by atoms with Crippen LogP contribution in [-0.2, 0) is 0 Å². The van der Waals surface area contributed by atoms with Crippen molar-refractivity contribution in [1.82, 2.24) is 0 Å². The van der Waals surface area contributed by atoms with Crippen LogP contribution in [0.5, 0.6) is 0 Å². The Labute approximate surface area is 220 Å². The van der Waals surface area contributed by atoms with E-state index in [-0.39, 0.29) is 0 Å². The molecule has 0 saturated carbocycles. The predicted octanol–water partition coefficient (Wildman–Crippen LogP) is 9.32. The number of rotatable bonds is 2. The third-order valence-electron chi connectivity index (χ3n) is 8.70. The van der Waals surface area contributed by atoms with Gasteiger partial charge in [0.05, 0.1) is 0 Å². The lowest BCUT2D eigenvalue weighted by molar-refractivity contribution is -0.266. The summed E-state index contributed by atoms with van der Waals surface area (Å²) in [7, 11) is 0. The number of hydrogen-bond acceptors (Lipinski definition) is 2. The lowest BCUT2D eigenvalue weighted by Gasteiger charge is -2.53. The second-order valence-corrected chi connectivity index (χ2v) is 13.5. The van der Waals surface area contributed by atoms with E-state index in [0.717, 1.165) is 11.1 Å². The molecule has 4 aliphatic rings. The molecule has 0 nitrogen and oxygen atoms in total. The van der Waals surface area contributed by atoms with E-state index < -0.39 is 50.2 Å². The van der Waals surface area contributed by atoms with Gasteiger partial charge in [-0.2, -0.15) is 26.3 Å². The lowest BCUT2D eigenvalue weighted by Crippen LogP contribution is -2.57. The number of halogens is 6. The highest BCUT2D eigenvalue weighted by Crippen LogP contribution is 2.79. The molecule has 0 fully saturated rings. The van der Waals surface area contributed by atoms with Crippen molar-refractivity contribution < 1.29 is 26.3 Å². The minimum Gasteiger partial charge on any atom is -0.194 e. The monoisotopic (exact) mass is 550 g/mol. The summed E-state index contributed by atoms with van der Waals surface area (Å²) in [5, 5.41) is 0. The molecule has 2 aliphatic heterocycles. The van der Waals surface area contributed by atoms with Gasteiger partial charge in [-0.15, -0.1) is 23.5 Å². The van der Waals surface area contributed by atoms with Gasteiger partial charge in [0.25, 0.3) is 0 Å². The number of alkyl halides is 6. The van der Waals surface area contributed by atoms with Gasteiger partial charge in [-0.25, -0.2) is 0 Å². The van der Waals surface area contributed by atoms with Gasteiger partial charge in [0.2, 0.25) is 0 Å². The summed E-state index contributed by atoms with van der Waals surface area (Å²) in [6.07, 6.45) is 0. The van der Waals surface area contributed by atoms with Crippen LogP contribution in [0.2, 0.25) is 0 Å². The molecule has 6 rings (SSSR count). The van der Waals surface area contributed by atoms with E-state index in [9.17, 15) is 0 Å². The predicted molar refractivity (Wildman–Crippen MR) is 139 cm³/mol. The van der Waals surface area contributed by atoms with Gasteiger partial charge in [0.15, 0.2) is 0 Å². The molecule has 194 valence electrons. The highest BCUT2D eigenvalue weighted by atomic mass is 32.2. The fourth-order valence-corrected chi connectivity index (χ4v) is 10.5. The lowest BCUT2D eigenvalue weighted by atomic mass is 9.60. The van der Waals surface area contributed by atoms with Crippen LogP contribution in [0.25, 0.3) is 9.81 Å². The summed E-state index contributed by atoms with van der Waals surface area (Å²) in [4.78, 5) is 1.37. The van der Waals surface area contributed by atoms with Crippen molar-refractivity contribution in [3.63, 3.8) is 0 Å². The van der Waals surface area contributed by atoms with Crippen LogP contribution in [0.3, 0.4) is 0 Å². The molecule has 37 heavy (non-hydrogen) atoms. The summed E-state index contributed by atoms with van der Waals surface area (Å²) in [6.45, 7) is 6.83. The molecule has 4 unspecified atom stereocenters. The van der Waals surface area contributed by atoms with Gasteiger partial charge < -0.3 is 0 Å². The zero-order valence-corrected chi connectivity index (χ0v) is 22.1. The van der Waals surface area contributed by atoms with Crippen LogP contribution in [0.15, 0.2) is 83.0 Å². The summed E-state index contributed by atoms with van der Waals surface area (Å²) < 4.78 is 90.6. The van der Waals surface area contributed by atoms with Crippen LogP contribution in [0, 0.1) is 11.8 Å². The maximum absolute atomic E-state index is 15.7. The summed E-state index contributed by atoms with van der Waals surface area (Å²) in [5.74, 6) is -18.0. The number of benzene rings is 2. The van der Waals surface area contributed by atoms with E-state index in [4.69, 9.17) is 0 Å². The first-order chi connectivity index (χ1) is 17.2. The molecule has 4 atom stereocenters. The molecule has 8 heteroatoms. The third kappa shape index (κ3) is 2.81. The Hall–Kier alpha value is -2.06. The Kier molecular flexibility index (Phi) is 5.13. The van der Waals surface area contributed by atoms with Gasteiger partial charge in [-0.05, 0) is 38.8 Å². The Morgan fingerprint density at radius 3 is 1.22 bits per heavy atom. The summed E-state index contributed by atoms with van der Waals surface area (Å²) >= 11 is 2.71. The van der Waals surface area contributed by atoms with Crippen LogP contribution in [-0.4, -0.2) is 27.3 Å². The van der Waals surface area contributed by atoms with E-state index in [1.54, 1.807) is 27.7 Å². The zero-order valence-electron chi connectivity index (χ0n) is 20.5.